The maximum atomic E-state index is 13.1. The Labute approximate surface area is 174 Å². The van der Waals surface area contributed by atoms with Crippen LogP contribution >= 0.6 is 22.9 Å². The lowest BCUT2D eigenvalue weighted by atomic mass is 10.2. The van der Waals surface area contributed by atoms with Crippen molar-refractivity contribution in [3.05, 3.63) is 75.1 Å². The Bertz CT molecular complexity index is 1110. The standard InChI is InChI=1S/C19H16ClFN4O3S/c1-10-8-15(22-17(26)12-6-5-11(21)9-13(12)20)29-16(10)19(28)24-23-18(27)14-4-3-7-25(14)2/h3-9H,1-2H3,(H,22,26)(H,23,27)(H,24,28). The molecule has 0 fully saturated rings. The van der Waals surface area contributed by atoms with Crippen LogP contribution in [0.2, 0.25) is 5.02 Å². The minimum atomic E-state index is -0.546. The fraction of sp³-hybridized carbons (Fsp3) is 0.105. The van der Waals surface area contributed by atoms with Crippen LogP contribution in [0.4, 0.5) is 9.39 Å². The summed E-state index contributed by atoms with van der Waals surface area (Å²) in [5, 5.41) is 3.02. The van der Waals surface area contributed by atoms with Crippen LogP contribution in [0.25, 0.3) is 0 Å². The summed E-state index contributed by atoms with van der Waals surface area (Å²) in [5.41, 5.74) is 5.81. The number of benzene rings is 1. The fourth-order valence-corrected chi connectivity index (χ4v) is 3.77. The van der Waals surface area contributed by atoms with Crippen molar-refractivity contribution in [3.63, 3.8) is 0 Å². The van der Waals surface area contributed by atoms with Gasteiger partial charge in [-0.2, -0.15) is 0 Å². The van der Waals surface area contributed by atoms with Gasteiger partial charge in [0.05, 0.1) is 20.5 Å². The Morgan fingerprint density at radius 2 is 1.79 bits per heavy atom. The van der Waals surface area contributed by atoms with Crippen molar-refractivity contribution >= 4 is 45.7 Å². The number of carbonyl (C=O) groups is 3. The summed E-state index contributed by atoms with van der Waals surface area (Å²) in [6.45, 7) is 1.70. The van der Waals surface area contributed by atoms with Gasteiger partial charge in [-0.25, -0.2) is 4.39 Å². The number of aryl methyl sites for hydroxylation is 2. The van der Waals surface area contributed by atoms with E-state index in [4.69, 9.17) is 11.6 Å². The van der Waals surface area contributed by atoms with E-state index in [1.54, 1.807) is 42.9 Å². The number of amides is 3. The van der Waals surface area contributed by atoms with Crippen LogP contribution in [0.3, 0.4) is 0 Å². The van der Waals surface area contributed by atoms with E-state index in [0.717, 1.165) is 23.5 Å². The molecule has 0 saturated carbocycles. The van der Waals surface area contributed by atoms with Gasteiger partial charge >= 0.3 is 0 Å². The average Bonchev–Trinajstić information content (AvgIpc) is 3.24. The number of thiophene rings is 1. The van der Waals surface area contributed by atoms with Gasteiger partial charge in [0.15, 0.2) is 0 Å². The zero-order valence-corrected chi connectivity index (χ0v) is 17.0. The Hall–Kier alpha value is -3.17. The highest BCUT2D eigenvalue weighted by Crippen LogP contribution is 2.28. The SMILES string of the molecule is Cc1cc(NC(=O)c2ccc(F)cc2Cl)sc1C(=O)NNC(=O)c1cccn1C. The zero-order chi connectivity index (χ0) is 21.1. The summed E-state index contributed by atoms with van der Waals surface area (Å²) >= 11 is 6.93. The van der Waals surface area contributed by atoms with Gasteiger partial charge < -0.3 is 9.88 Å². The van der Waals surface area contributed by atoms with E-state index in [0.29, 0.717) is 21.1 Å². The fourth-order valence-electron chi connectivity index (χ4n) is 2.55. The molecule has 0 saturated heterocycles. The van der Waals surface area contributed by atoms with Crippen LogP contribution in [-0.4, -0.2) is 22.3 Å². The van der Waals surface area contributed by atoms with E-state index >= 15 is 0 Å². The Balaban J connectivity index is 1.66. The molecule has 150 valence electrons. The third-order valence-electron chi connectivity index (χ3n) is 4.00. The van der Waals surface area contributed by atoms with Gasteiger partial charge in [0.1, 0.15) is 11.5 Å². The quantitative estimate of drug-likeness (QED) is 0.548. The van der Waals surface area contributed by atoms with E-state index in [-0.39, 0.29) is 10.6 Å². The summed E-state index contributed by atoms with van der Waals surface area (Å²) in [4.78, 5) is 37.1. The molecule has 0 unspecified atom stereocenters. The topological polar surface area (TPSA) is 92.2 Å². The third-order valence-corrected chi connectivity index (χ3v) is 5.47. The minimum absolute atomic E-state index is 0.0165. The van der Waals surface area contributed by atoms with Gasteiger partial charge in [-0.15, -0.1) is 11.3 Å². The lowest BCUT2D eigenvalue weighted by Gasteiger charge is -2.07. The molecule has 7 nitrogen and oxygen atoms in total. The summed E-state index contributed by atoms with van der Waals surface area (Å²) in [6, 6.07) is 8.40. The summed E-state index contributed by atoms with van der Waals surface area (Å²) in [6.07, 6.45) is 1.71. The first-order valence-corrected chi connectivity index (χ1v) is 9.54. The van der Waals surface area contributed by atoms with Gasteiger partial charge in [-0.1, -0.05) is 11.6 Å². The van der Waals surface area contributed by atoms with Crippen molar-refractivity contribution in [2.45, 2.75) is 6.92 Å². The van der Waals surface area contributed by atoms with E-state index in [9.17, 15) is 18.8 Å². The zero-order valence-electron chi connectivity index (χ0n) is 15.4. The maximum absolute atomic E-state index is 13.1. The number of carbonyl (C=O) groups excluding carboxylic acids is 3. The number of hydrogen-bond acceptors (Lipinski definition) is 4. The molecule has 0 bridgehead atoms. The largest absolute Gasteiger partial charge is 0.347 e. The number of aromatic nitrogens is 1. The molecule has 0 aliphatic carbocycles. The molecule has 0 aliphatic rings. The number of halogens is 2. The highest BCUT2D eigenvalue weighted by Gasteiger charge is 2.18. The smallest absolute Gasteiger partial charge is 0.286 e. The van der Waals surface area contributed by atoms with Gasteiger partial charge in [0, 0.05) is 13.2 Å². The van der Waals surface area contributed by atoms with Crippen molar-refractivity contribution in [3.8, 4) is 0 Å². The molecule has 3 N–H and O–H groups in total. The third kappa shape index (κ3) is 4.64. The van der Waals surface area contributed by atoms with Crippen LogP contribution in [0, 0.1) is 12.7 Å². The van der Waals surface area contributed by atoms with E-state index in [1.807, 2.05) is 0 Å². The van der Waals surface area contributed by atoms with Gasteiger partial charge in [-0.05, 0) is 48.9 Å². The first-order chi connectivity index (χ1) is 13.8. The molecule has 0 spiro atoms. The van der Waals surface area contributed by atoms with Crippen LogP contribution in [-0.2, 0) is 7.05 Å². The van der Waals surface area contributed by atoms with Crippen LogP contribution in [0.5, 0.6) is 0 Å². The summed E-state index contributed by atoms with van der Waals surface area (Å²) in [5.74, 6) is -2.05. The van der Waals surface area contributed by atoms with Gasteiger partial charge in [0.2, 0.25) is 0 Å². The molecule has 29 heavy (non-hydrogen) atoms. The minimum Gasteiger partial charge on any atom is -0.347 e. The van der Waals surface area contributed by atoms with Crippen LogP contribution in [0.1, 0.15) is 36.1 Å². The summed E-state index contributed by atoms with van der Waals surface area (Å²) < 4.78 is 14.8. The highest BCUT2D eigenvalue weighted by molar-refractivity contribution is 7.18. The predicted octanol–water partition coefficient (Wildman–Crippen LogP) is 3.51. The number of rotatable bonds is 4. The lowest BCUT2D eigenvalue weighted by molar-refractivity contribution is 0.0844. The molecule has 3 aromatic rings. The molecule has 0 atom stereocenters. The van der Waals surface area contributed by atoms with E-state index < -0.39 is 23.5 Å². The highest BCUT2D eigenvalue weighted by atomic mass is 35.5. The Kier molecular flexibility index (Phi) is 6.00. The van der Waals surface area contributed by atoms with Crippen molar-refractivity contribution in [1.82, 2.24) is 15.4 Å². The van der Waals surface area contributed by atoms with Crippen LogP contribution < -0.4 is 16.2 Å². The molecular formula is C19H16ClFN4O3S. The average molecular weight is 435 g/mol. The van der Waals surface area contributed by atoms with Crippen molar-refractivity contribution in [2.24, 2.45) is 7.05 Å². The maximum Gasteiger partial charge on any atom is 0.286 e. The second-order valence-electron chi connectivity index (χ2n) is 6.11. The first-order valence-electron chi connectivity index (χ1n) is 8.35. The van der Waals surface area contributed by atoms with E-state index in [1.165, 1.54) is 6.07 Å². The normalized spacial score (nSPS) is 10.5. The molecule has 3 rings (SSSR count). The number of anilines is 1. The van der Waals surface area contributed by atoms with Crippen LogP contribution in [0.15, 0.2) is 42.6 Å². The number of nitrogens with one attached hydrogen (secondary N) is 3. The molecule has 10 heteroatoms. The molecule has 0 radical (unpaired) electrons. The predicted molar refractivity (Wildman–Crippen MR) is 109 cm³/mol. The molecule has 1 aromatic carbocycles. The summed E-state index contributed by atoms with van der Waals surface area (Å²) in [7, 11) is 1.71. The first kappa shape index (κ1) is 20.6. The van der Waals surface area contributed by atoms with Crippen molar-refractivity contribution in [2.75, 3.05) is 5.32 Å². The molecule has 2 aromatic heterocycles. The second-order valence-corrected chi connectivity index (χ2v) is 7.57. The second kappa shape index (κ2) is 8.46. The molecular weight excluding hydrogens is 419 g/mol. The number of hydrogen-bond donors (Lipinski definition) is 3. The molecule has 3 amide bonds. The Morgan fingerprint density at radius 3 is 2.45 bits per heavy atom. The monoisotopic (exact) mass is 434 g/mol. The van der Waals surface area contributed by atoms with E-state index in [2.05, 4.69) is 16.2 Å². The van der Waals surface area contributed by atoms with Crippen molar-refractivity contribution < 1.29 is 18.8 Å². The molecule has 2 heterocycles. The Morgan fingerprint density at radius 1 is 1.07 bits per heavy atom. The number of hydrazine groups is 1. The lowest BCUT2D eigenvalue weighted by Crippen LogP contribution is -2.42. The van der Waals surface area contributed by atoms with Crippen molar-refractivity contribution in [1.29, 1.82) is 0 Å². The van der Waals surface area contributed by atoms with Gasteiger partial charge in [-0.3, -0.25) is 25.2 Å². The van der Waals surface area contributed by atoms with Gasteiger partial charge in [0.25, 0.3) is 17.7 Å². The molecule has 0 aliphatic heterocycles. The number of nitrogens with zero attached hydrogens (tertiary/aromatic N) is 1.